The third-order valence-electron chi connectivity index (χ3n) is 3.94. The maximum atomic E-state index is 12.6. The van der Waals surface area contributed by atoms with Gasteiger partial charge in [0, 0.05) is 26.7 Å². The Kier molecular flexibility index (Phi) is 4.86. The minimum Gasteiger partial charge on any atom is -0.382 e. The van der Waals surface area contributed by atoms with Gasteiger partial charge in [0.1, 0.15) is 10.7 Å². The van der Waals surface area contributed by atoms with E-state index in [-0.39, 0.29) is 5.91 Å². The molecule has 1 saturated heterocycles. The number of carbonyl (C=O) groups excluding carboxylic acids is 1. The molecule has 0 radical (unpaired) electrons. The van der Waals surface area contributed by atoms with Gasteiger partial charge in [0.05, 0.1) is 0 Å². The Labute approximate surface area is 124 Å². The summed E-state index contributed by atoms with van der Waals surface area (Å²) in [6, 6.07) is 0. The number of nitrogens with zero attached hydrogens (tertiary/aromatic N) is 3. The number of carbonyl (C=O) groups is 1. The normalized spacial score (nSPS) is 19.8. The summed E-state index contributed by atoms with van der Waals surface area (Å²) in [4.78, 5) is 21.4. The van der Waals surface area contributed by atoms with Gasteiger partial charge < -0.3 is 15.5 Å². The van der Waals surface area contributed by atoms with Crippen LogP contribution in [0.1, 0.15) is 42.8 Å². The number of anilines is 2. The summed E-state index contributed by atoms with van der Waals surface area (Å²) in [5, 5.41) is 0.816. The Morgan fingerprint density at radius 2 is 2.25 bits per heavy atom. The highest BCUT2D eigenvalue weighted by Gasteiger charge is 2.24. The van der Waals surface area contributed by atoms with Crippen LogP contribution in [0.5, 0.6) is 0 Å². The molecule has 1 aliphatic rings. The number of hydrogen-bond donors (Lipinski definition) is 1. The molecule has 2 heterocycles. The van der Waals surface area contributed by atoms with Gasteiger partial charge in [-0.2, -0.15) is 0 Å². The zero-order chi connectivity index (χ0) is 14.7. The largest absolute Gasteiger partial charge is 0.382 e. The summed E-state index contributed by atoms with van der Waals surface area (Å²) in [7, 11) is 1.96. The SMILES string of the molecule is CCN(C)c1nc(N)c(C(=O)N2CCCC(C)CC2)s1. The van der Waals surface area contributed by atoms with Crippen LogP contribution < -0.4 is 10.6 Å². The van der Waals surface area contributed by atoms with E-state index in [0.29, 0.717) is 16.6 Å². The zero-order valence-electron chi connectivity index (χ0n) is 12.6. The van der Waals surface area contributed by atoms with Gasteiger partial charge in [0.2, 0.25) is 0 Å². The molecule has 1 fully saturated rings. The second-order valence-corrected chi connectivity index (χ2v) is 6.53. The van der Waals surface area contributed by atoms with E-state index in [1.54, 1.807) is 0 Å². The van der Waals surface area contributed by atoms with E-state index in [0.717, 1.165) is 37.6 Å². The van der Waals surface area contributed by atoms with E-state index in [1.165, 1.54) is 17.8 Å². The van der Waals surface area contributed by atoms with Crippen molar-refractivity contribution in [2.24, 2.45) is 5.92 Å². The zero-order valence-corrected chi connectivity index (χ0v) is 13.4. The second-order valence-electron chi connectivity index (χ2n) is 5.55. The molecule has 2 N–H and O–H groups in total. The van der Waals surface area contributed by atoms with Crippen molar-refractivity contribution in [3.63, 3.8) is 0 Å². The number of nitrogens with two attached hydrogens (primary N) is 1. The van der Waals surface area contributed by atoms with Crippen molar-refractivity contribution >= 4 is 28.2 Å². The number of likely N-dealkylation sites (tertiary alicyclic amines) is 1. The molecule has 0 bridgehead atoms. The van der Waals surface area contributed by atoms with E-state index < -0.39 is 0 Å². The molecular formula is C14H24N4OS. The molecule has 20 heavy (non-hydrogen) atoms. The van der Waals surface area contributed by atoms with E-state index in [1.807, 2.05) is 16.8 Å². The first kappa shape index (κ1) is 15.1. The first-order chi connectivity index (χ1) is 9.52. The summed E-state index contributed by atoms with van der Waals surface area (Å²) in [6.07, 6.45) is 3.35. The summed E-state index contributed by atoms with van der Waals surface area (Å²) in [5.41, 5.74) is 5.93. The van der Waals surface area contributed by atoms with Crippen molar-refractivity contribution in [3.05, 3.63) is 4.88 Å². The lowest BCUT2D eigenvalue weighted by atomic mass is 10.0. The second kappa shape index (κ2) is 6.43. The Bertz CT molecular complexity index is 474. The maximum absolute atomic E-state index is 12.6. The van der Waals surface area contributed by atoms with Crippen LogP contribution in [-0.2, 0) is 0 Å². The molecule has 6 heteroatoms. The van der Waals surface area contributed by atoms with Gasteiger partial charge in [-0.15, -0.1) is 0 Å². The smallest absolute Gasteiger partial charge is 0.267 e. The first-order valence-electron chi connectivity index (χ1n) is 7.29. The van der Waals surface area contributed by atoms with Crippen molar-refractivity contribution in [2.45, 2.75) is 33.1 Å². The fraction of sp³-hybridized carbons (Fsp3) is 0.714. The van der Waals surface area contributed by atoms with Crippen molar-refractivity contribution in [3.8, 4) is 0 Å². The Morgan fingerprint density at radius 1 is 1.50 bits per heavy atom. The minimum atomic E-state index is 0.0462. The van der Waals surface area contributed by atoms with Gasteiger partial charge in [-0.25, -0.2) is 4.98 Å². The highest BCUT2D eigenvalue weighted by Crippen LogP contribution is 2.29. The van der Waals surface area contributed by atoms with Crippen molar-refractivity contribution in [1.82, 2.24) is 9.88 Å². The van der Waals surface area contributed by atoms with E-state index in [9.17, 15) is 4.79 Å². The molecule has 1 aromatic rings. The molecule has 112 valence electrons. The minimum absolute atomic E-state index is 0.0462. The van der Waals surface area contributed by atoms with E-state index >= 15 is 0 Å². The molecule has 1 aromatic heterocycles. The quantitative estimate of drug-likeness (QED) is 0.930. The molecule has 0 saturated carbocycles. The van der Waals surface area contributed by atoms with E-state index in [2.05, 4.69) is 18.8 Å². The number of amides is 1. The standard InChI is InChI=1S/C14H24N4OS/c1-4-17(3)14-16-12(15)11(20-14)13(19)18-8-5-6-10(2)7-9-18/h10H,4-9,15H2,1-3H3. The number of thiazole rings is 1. The van der Waals surface area contributed by atoms with Crippen LogP contribution in [-0.4, -0.2) is 42.5 Å². The summed E-state index contributed by atoms with van der Waals surface area (Å²) in [6.45, 7) is 6.82. The molecule has 1 aliphatic heterocycles. The lowest BCUT2D eigenvalue weighted by molar-refractivity contribution is 0.0766. The van der Waals surface area contributed by atoms with Crippen LogP contribution in [0.25, 0.3) is 0 Å². The Balaban J connectivity index is 2.14. The molecule has 1 amide bonds. The Hall–Kier alpha value is -1.30. The highest BCUT2D eigenvalue weighted by atomic mass is 32.1. The van der Waals surface area contributed by atoms with Gasteiger partial charge >= 0.3 is 0 Å². The van der Waals surface area contributed by atoms with Crippen molar-refractivity contribution in [1.29, 1.82) is 0 Å². The highest BCUT2D eigenvalue weighted by molar-refractivity contribution is 7.18. The monoisotopic (exact) mass is 296 g/mol. The van der Waals surface area contributed by atoms with Crippen LogP contribution in [0.15, 0.2) is 0 Å². The van der Waals surface area contributed by atoms with Gasteiger partial charge in [-0.3, -0.25) is 4.79 Å². The molecule has 1 atom stereocenters. The Morgan fingerprint density at radius 3 is 2.95 bits per heavy atom. The third-order valence-corrected chi connectivity index (χ3v) is 5.11. The predicted octanol–water partition coefficient (Wildman–Crippen LogP) is 2.44. The average Bonchev–Trinajstić information content (AvgIpc) is 2.69. The van der Waals surface area contributed by atoms with Crippen molar-refractivity contribution < 1.29 is 4.79 Å². The molecule has 0 spiro atoms. The molecule has 0 aliphatic carbocycles. The molecule has 2 rings (SSSR count). The van der Waals surface area contributed by atoms with Crippen LogP contribution in [0.2, 0.25) is 0 Å². The van der Waals surface area contributed by atoms with Gasteiger partial charge in [0.25, 0.3) is 5.91 Å². The van der Waals surface area contributed by atoms with Crippen molar-refractivity contribution in [2.75, 3.05) is 37.3 Å². The lowest BCUT2D eigenvalue weighted by Crippen LogP contribution is -2.31. The lowest BCUT2D eigenvalue weighted by Gasteiger charge is -2.19. The number of aromatic nitrogens is 1. The summed E-state index contributed by atoms with van der Waals surface area (Å²) >= 11 is 1.40. The van der Waals surface area contributed by atoms with Gasteiger partial charge in [-0.05, 0) is 32.1 Å². The van der Waals surface area contributed by atoms with E-state index in [4.69, 9.17) is 5.73 Å². The molecule has 1 unspecified atom stereocenters. The number of rotatable bonds is 3. The molecule has 0 aromatic carbocycles. The topological polar surface area (TPSA) is 62.5 Å². The van der Waals surface area contributed by atoms with Gasteiger partial charge in [0.15, 0.2) is 5.13 Å². The first-order valence-corrected chi connectivity index (χ1v) is 8.11. The van der Waals surface area contributed by atoms with Crippen LogP contribution in [0.3, 0.4) is 0 Å². The van der Waals surface area contributed by atoms with Gasteiger partial charge in [-0.1, -0.05) is 18.3 Å². The van der Waals surface area contributed by atoms with Crippen LogP contribution in [0, 0.1) is 5.92 Å². The summed E-state index contributed by atoms with van der Waals surface area (Å²) < 4.78 is 0. The maximum Gasteiger partial charge on any atom is 0.267 e. The van der Waals surface area contributed by atoms with Crippen LogP contribution >= 0.6 is 11.3 Å². The predicted molar refractivity (Wildman–Crippen MR) is 84.4 cm³/mol. The number of nitrogen functional groups attached to an aromatic ring is 1. The fourth-order valence-corrected chi connectivity index (χ4v) is 3.36. The molecular weight excluding hydrogens is 272 g/mol. The summed E-state index contributed by atoms with van der Waals surface area (Å²) in [5.74, 6) is 1.12. The number of hydrogen-bond acceptors (Lipinski definition) is 5. The van der Waals surface area contributed by atoms with Crippen LogP contribution in [0.4, 0.5) is 10.9 Å². The fourth-order valence-electron chi connectivity index (χ4n) is 2.38. The average molecular weight is 296 g/mol. The molecule has 5 nitrogen and oxygen atoms in total. The third kappa shape index (κ3) is 3.23.